The van der Waals surface area contributed by atoms with Crippen molar-refractivity contribution >= 4 is 75.9 Å². The van der Waals surface area contributed by atoms with Gasteiger partial charge in [-0.3, -0.25) is 0 Å². The Bertz CT molecular complexity index is 8380. The summed E-state index contributed by atoms with van der Waals surface area (Å²) in [4.78, 5) is 32.4. The van der Waals surface area contributed by atoms with Gasteiger partial charge in [0.15, 0.2) is 34.9 Å². The summed E-state index contributed by atoms with van der Waals surface area (Å²) in [6, 6.07) is 139. The van der Waals surface area contributed by atoms with Crippen LogP contribution in [0.25, 0.3) is 200 Å². The monoisotopic (exact) mass is 1540 g/mol. The largest absolute Gasteiger partial charge is 0.309 e. The van der Waals surface area contributed by atoms with E-state index in [0.29, 0.717) is 34.9 Å². The smallest absolute Gasteiger partial charge is 0.164 e. The van der Waals surface area contributed by atoms with E-state index < -0.39 is 10.8 Å². The lowest BCUT2D eigenvalue weighted by molar-refractivity contribution is 0.660. The summed E-state index contributed by atoms with van der Waals surface area (Å²) in [5.74, 6) is 3.75. The molecule has 3 aliphatic carbocycles. The molecule has 2 unspecified atom stereocenters. The minimum atomic E-state index is -0.656. The molecule has 2 atom stereocenters. The third-order valence-electron chi connectivity index (χ3n) is 27.6. The quantitative estimate of drug-likeness (QED) is 0.148. The first-order chi connectivity index (χ1) is 59.7. The number of fused-ring (bicyclic) bond motifs is 33. The standard InChI is InChI=1S/C113H68N8/c1-111(2)89-37-15-11-31-77(89)80-55-50-71(62-97(80)111)109-116-106(66-27-7-4-8-28-66)115-108(119-109)70-52-58-92-88(61-70)79-33-13-17-39-91(79)112(92)93-40-18-22-46-101(93)121-102-64-68(48-57-83(102)85-36-24-42-95(112)104(85)121)67-47-53-75-76-54-49-69(60-87(76)74-30-10-9-29-73(74)86(75)59-67)107-114-105(65-25-5-3-6-26-65)117-110(118-107)72-51-56-81-78-32-12-16-38-90(78)113(98(81)63-72)94-41-19-21-45-100(94)120-99-44-20-14-34-82(99)84-35-23-43-96(113)103(84)120/h3-64H,1-2H3. The lowest BCUT2D eigenvalue weighted by atomic mass is 9.65. The first-order valence-electron chi connectivity index (χ1n) is 41.8. The second kappa shape index (κ2) is 24.3. The lowest BCUT2D eigenvalue weighted by Gasteiger charge is -2.39. The van der Waals surface area contributed by atoms with Crippen LogP contribution in [-0.2, 0) is 16.2 Å². The molecule has 2 aliphatic heterocycles. The van der Waals surface area contributed by atoms with Crippen molar-refractivity contribution in [3.05, 3.63) is 432 Å². The van der Waals surface area contributed by atoms with Crippen molar-refractivity contribution in [2.75, 3.05) is 0 Å². The van der Waals surface area contributed by atoms with Gasteiger partial charge >= 0.3 is 0 Å². The number of benzene rings is 18. The SMILES string of the molecule is CC1(C)c2ccccc2-c2ccc(-c3nc(-c4ccccc4)nc(-c4ccc5c(c4)-c4ccccc4C54c5ccccc5-n5c6cc(-c7ccc8c9ccc(-c%10nc(-c%11ccccc%11)nc(-c%11ccc%12c(c%11)C%11(c%13ccccc%13-%12)c%12ccccc%12-n%12c%13ccccc%13c%13cccc%11c%13%12)n%10)cc9c9ccccc9c8c7)ccc6c6cccc4c65)n3)cc21. The molecule has 121 heavy (non-hydrogen) atoms. The van der Waals surface area contributed by atoms with Crippen LogP contribution < -0.4 is 0 Å². The molecule has 18 aromatic carbocycles. The summed E-state index contributed by atoms with van der Waals surface area (Å²) in [7, 11) is 0. The zero-order valence-electron chi connectivity index (χ0n) is 65.9. The number of nitrogens with zero attached hydrogens (tertiary/aromatic N) is 8. The molecule has 4 aromatic heterocycles. The number of para-hydroxylation sites is 5. The molecule has 27 rings (SSSR count). The fraction of sp³-hybridized carbons (Fsp3) is 0.0442. The second-order valence-corrected chi connectivity index (χ2v) is 33.8. The van der Waals surface area contributed by atoms with Crippen LogP contribution in [0.5, 0.6) is 0 Å². The van der Waals surface area contributed by atoms with Gasteiger partial charge < -0.3 is 9.13 Å². The Balaban J connectivity index is 0.576. The van der Waals surface area contributed by atoms with Crippen LogP contribution in [0.15, 0.2) is 376 Å². The molecule has 5 aliphatic rings. The van der Waals surface area contributed by atoms with Crippen molar-refractivity contribution in [1.82, 2.24) is 39.0 Å². The molecule has 0 fully saturated rings. The van der Waals surface area contributed by atoms with E-state index in [9.17, 15) is 0 Å². The fourth-order valence-electron chi connectivity index (χ4n) is 22.5. The van der Waals surface area contributed by atoms with Crippen LogP contribution >= 0.6 is 0 Å². The topological polar surface area (TPSA) is 87.2 Å². The summed E-state index contributed by atoms with van der Waals surface area (Å²) in [5.41, 5.74) is 33.5. The van der Waals surface area contributed by atoms with Crippen LogP contribution in [0.4, 0.5) is 0 Å². The number of hydrogen-bond acceptors (Lipinski definition) is 6. The summed E-state index contributed by atoms with van der Waals surface area (Å²) in [6.45, 7) is 4.65. The molecule has 560 valence electrons. The highest BCUT2D eigenvalue weighted by Gasteiger charge is 2.53. The van der Waals surface area contributed by atoms with E-state index in [0.717, 1.165) is 71.9 Å². The minimum absolute atomic E-state index is 0.187. The number of rotatable bonds is 7. The Labute approximate surface area is 696 Å². The predicted molar refractivity (Wildman–Crippen MR) is 492 cm³/mol. The molecule has 0 N–H and O–H groups in total. The third kappa shape index (κ3) is 8.86. The predicted octanol–water partition coefficient (Wildman–Crippen LogP) is 27.0. The molecule has 0 bridgehead atoms. The Morgan fingerprint density at radius 1 is 0.182 bits per heavy atom. The van der Waals surface area contributed by atoms with Crippen molar-refractivity contribution in [3.8, 4) is 124 Å². The first-order valence-corrected chi connectivity index (χ1v) is 41.8. The molecule has 22 aromatic rings. The molecule has 0 radical (unpaired) electrons. The van der Waals surface area contributed by atoms with Crippen molar-refractivity contribution in [2.24, 2.45) is 0 Å². The highest BCUT2D eigenvalue weighted by Crippen LogP contribution is 2.64. The second-order valence-electron chi connectivity index (χ2n) is 33.8. The lowest BCUT2D eigenvalue weighted by Crippen LogP contribution is -2.33. The van der Waals surface area contributed by atoms with Crippen LogP contribution in [0.3, 0.4) is 0 Å². The van der Waals surface area contributed by atoms with Gasteiger partial charge in [0.25, 0.3) is 0 Å². The normalized spacial score (nSPS) is 15.7. The van der Waals surface area contributed by atoms with Gasteiger partial charge in [0, 0.05) is 60.3 Å². The summed E-state index contributed by atoms with van der Waals surface area (Å²) in [5, 5.41) is 11.9. The van der Waals surface area contributed by atoms with E-state index in [2.05, 4.69) is 387 Å². The van der Waals surface area contributed by atoms with Gasteiger partial charge in [-0.25, -0.2) is 29.9 Å². The molecule has 0 saturated heterocycles. The molecular weight excluding hydrogens is 1470 g/mol. The van der Waals surface area contributed by atoms with Gasteiger partial charge in [-0.2, -0.15) is 0 Å². The van der Waals surface area contributed by atoms with Crippen molar-refractivity contribution in [2.45, 2.75) is 30.1 Å². The first kappa shape index (κ1) is 66.5. The summed E-state index contributed by atoms with van der Waals surface area (Å²) < 4.78 is 5.06. The highest BCUT2D eigenvalue weighted by atomic mass is 15.1. The molecule has 6 heterocycles. The molecule has 8 heteroatoms. The average Bonchev–Trinajstić information content (AvgIpc) is 1.45. The Kier molecular flexibility index (Phi) is 13.3. The van der Waals surface area contributed by atoms with Gasteiger partial charge in [0.1, 0.15) is 0 Å². The zero-order chi connectivity index (χ0) is 79.3. The van der Waals surface area contributed by atoms with E-state index in [1.807, 2.05) is 12.1 Å². The van der Waals surface area contributed by atoms with E-state index in [1.165, 1.54) is 149 Å². The average molecular weight is 1540 g/mol. The number of hydrogen-bond donors (Lipinski definition) is 0. The maximum Gasteiger partial charge on any atom is 0.164 e. The Hall–Kier alpha value is -15.6. The maximum absolute atomic E-state index is 5.57. The van der Waals surface area contributed by atoms with E-state index in [-0.39, 0.29) is 5.41 Å². The minimum Gasteiger partial charge on any atom is -0.309 e. The van der Waals surface area contributed by atoms with Crippen LogP contribution in [0.2, 0.25) is 0 Å². The van der Waals surface area contributed by atoms with Crippen molar-refractivity contribution in [3.63, 3.8) is 0 Å². The molecule has 0 saturated carbocycles. The number of aromatic nitrogens is 8. The Morgan fingerprint density at radius 2 is 0.521 bits per heavy atom. The maximum atomic E-state index is 5.57. The van der Waals surface area contributed by atoms with Crippen LogP contribution in [0.1, 0.15) is 69.5 Å². The molecule has 8 nitrogen and oxygen atoms in total. The summed E-state index contributed by atoms with van der Waals surface area (Å²) >= 11 is 0. The van der Waals surface area contributed by atoms with Crippen molar-refractivity contribution in [1.29, 1.82) is 0 Å². The van der Waals surface area contributed by atoms with Gasteiger partial charge in [0.05, 0.1) is 44.3 Å². The van der Waals surface area contributed by atoms with Gasteiger partial charge in [-0.1, -0.05) is 335 Å². The fourth-order valence-corrected chi connectivity index (χ4v) is 22.5. The van der Waals surface area contributed by atoms with Crippen LogP contribution in [-0.4, -0.2) is 39.0 Å². The van der Waals surface area contributed by atoms with E-state index in [4.69, 9.17) is 29.9 Å². The van der Waals surface area contributed by atoms with Gasteiger partial charge in [0.2, 0.25) is 0 Å². The molecule has 2 spiro atoms. The molecular formula is C113H68N8. The van der Waals surface area contributed by atoms with Gasteiger partial charge in [-0.05, 0) is 187 Å². The molecule has 0 amide bonds. The third-order valence-corrected chi connectivity index (χ3v) is 27.6. The van der Waals surface area contributed by atoms with E-state index in [1.54, 1.807) is 0 Å². The Morgan fingerprint density at radius 3 is 1.10 bits per heavy atom. The van der Waals surface area contributed by atoms with Crippen LogP contribution in [0, 0.1) is 0 Å². The van der Waals surface area contributed by atoms with Gasteiger partial charge in [-0.15, -0.1) is 0 Å². The highest BCUT2D eigenvalue weighted by molar-refractivity contribution is 6.26. The zero-order valence-corrected chi connectivity index (χ0v) is 65.9. The summed E-state index contributed by atoms with van der Waals surface area (Å²) in [6.07, 6.45) is 0. The van der Waals surface area contributed by atoms with E-state index >= 15 is 0 Å². The van der Waals surface area contributed by atoms with Crippen molar-refractivity contribution < 1.29 is 0 Å².